The number of amides is 1. The van der Waals surface area contributed by atoms with Gasteiger partial charge in [-0.15, -0.1) is 0 Å². The van der Waals surface area contributed by atoms with E-state index >= 15 is 0 Å². The first-order valence-electron chi connectivity index (χ1n) is 10.8. The molecule has 3 rings (SSSR count). The molecule has 1 aromatic heterocycles. The number of rotatable bonds is 6. The summed E-state index contributed by atoms with van der Waals surface area (Å²) in [5.41, 5.74) is 0.330. The zero-order valence-corrected chi connectivity index (χ0v) is 19.2. The van der Waals surface area contributed by atoms with Crippen molar-refractivity contribution in [3.63, 3.8) is 0 Å². The lowest BCUT2D eigenvalue weighted by atomic mass is 9.85. The van der Waals surface area contributed by atoms with Gasteiger partial charge in [0.2, 0.25) is 15.9 Å². The second-order valence-electron chi connectivity index (χ2n) is 8.82. The molecule has 1 aliphatic carbocycles. The molecule has 1 aliphatic heterocycles. The quantitative estimate of drug-likeness (QED) is 0.733. The topological polar surface area (TPSA) is 95.8 Å². The molecule has 0 bridgehead atoms. The van der Waals surface area contributed by atoms with Crippen molar-refractivity contribution in [3.8, 4) is 0 Å². The molecule has 0 spiro atoms. The molecule has 3 atom stereocenters. The molecule has 1 saturated heterocycles. The molecule has 2 heterocycles. The van der Waals surface area contributed by atoms with Crippen LogP contribution in [0.2, 0.25) is 0 Å². The van der Waals surface area contributed by atoms with Crippen LogP contribution in [0.15, 0.2) is 15.6 Å². The molecule has 2 fully saturated rings. The third-order valence-corrected chi connectivity index (χ3v) is 8.17. The van der Waals surface area contributed by atoms with Gasteiger partial charge in [0.15, 0.2) is 10.7 Å². The molecule has 1 amide bonds. The van der Waals surface area contributed by atoms with Crippen molar-refractivity contribution < 1.29 is 17.7 Å². The van der Waals surface area contributed by atoms with Gasteiger partial charge in [-0.1, -0.05) is 24.9 Å². The summed E-state index contributed by atoms with van der Waals surface area (Å²) in [6, 6.07) is 0.196. The summed E-state index contributed by atoms with van der Waals surface area (Å²) < 4.78 is 33.5. The van der Waals surface area contributed by atoms with E-state index in [1.807, 2.05) is 14.1 Å². The van der Waals surface area contributed by atoms with Gasteiger partial charge in [0, 0.05) is 45.5 Å². The van der Waals surface area contributed by atoms with Crippen LogP contribution in [0.3, 0.4) is 0 Å². The highest BCUT2D eigenvalue weighted by Gasteiger charge is 2.37. The third-order valence-electron chi connectivity index (χ3n) is 6.15. The molecule has 2 aliphatic rings. The van der Waals surface area contributed by atoms with E-state index in [1.165, 1.54) is 10.7 Å². The minimum Gasteiger partial charge on any atom is -0.383 e. The molecular weight excluding hydrogens is 404 g/mol. The monoisotopic (exact) mass is 438 g/mol. The Bertz CT molecular complexity index is 878. The summed E-state index contributed by atoms with van der Waals surface area (Å²) >= 11 is 0. The van der Waals surface area contributed by atoms with Crippen LogP contribution in [0.4, 0.5) is 0 Å². The normalized spacial score (nSPS) is 26.1. The molecule has 0 radical (unpaired) electrons. The van der Waals surface area contributed by atoms with Gasteiger partial charge >= 0.3 is 0 Å². The number of aryl methyl sites for hydroxylation is 1. The van der Waals surface area contributed by atoms with Crippen LogP contribution in [0.1, 0.15) is 56.9 Å². The minimum absolute atomic E-state index is 0.0246. The number of piperidine rings is 1. The van der Waals surface area contributed by atoms with Crippen molar-refractivity contribution in [2.45, 2.75) is 63.3 Å². The average molecular weight is 439 g/mol. The van der Waals surface area contributed by atoms with E-state index in [-0.39, 0.29) is 35.1 Å². The van der Waals surface area contributed by atoms with Crippen molar-refractivity contribution in [2.75, 3.05) is 27.2 Å². The number of carbonyl (C=O) groups excluding carboxylic acids is 1. The van der Waals surface area contributed by atoms with Gasteiger partial charge < -0.3 is 14.7 Å². The number of nitrogens with one attached hydrogen (secondary N) is 1. The Morgan fingerprint density at radius 1 is 1.23 bits per heavy atom. The van der Waals surface area contributed by atoms with E-state index in [1.54, 1.807) is 24.1 Å². The second-order valence-corrected chi connectivity index (χ2v) is 10.7. The van der Waals surface area contributed by atoms with Crippen LogP contribution in [-0.2, 0) is 14.8 Å². The molecule has 168 valence electrons. The van der Waals surface area contributed by atoms with Gasteiger partial charge in [-0.3, -0.25) is 4.79 Å². The molecule has 1 aromatic rings. The van der Waals surface area contributed by atoms with Gasteiger partial charge in [0.25, 0.3) is 0 Å². The maximum Gasteiger partial charge on any atom is 0.248 e. The van der Waals surface area contributed by atoms with Crippen LogP contribution < -0.4 is 5.32 Å². The summed E-state index contributed by atoms with van der Waals surface area (Å²) in [4.78, 5) is 14.8. The van der Waals surface area contributed by atoms with Gasteiger partial charge in [-0.2, -0.15) is 4.31 Å². The summed E-state index contributed by atoms with van der Waals surface area (Å²) in [6.07, 6.45) is 9.17. The highest BCUT2D eigenvalue weighted by Crippen LogP contribution is 2.30. The standard InChI is InChI=1S/C21H34N4O4S/c1-15-8-5-6-10-18(15)22-21(26)17-9-7-12-25(14-17)30(27,28)20-16(2)23-29-19(20)11-13-24(3)4/h11,13,15,17-18H,5-10,12,14H2,1-4H3,(H,22,26)/b13-11+. The van der Waals surface area contributed by atoms with Gasteiger partial charge in [-0.05, 0) is 38.5 Å². The SMILES string of the molecule is Cc1noc(/C=C/N(C)C)c1S(=O)(=O)N1CCCC(C(=O)NC2CCCCC2C)C1. The summed E-state index contributed by atoms with van der Waals surface area (Å²) in [7, 11) is -0.127. The lowest BCUT2D eigenvalue weighted by Crippen LogP contribution is -2.49. The number of hydrogen-bond acceptors (Lipinski definition) is 6. The molecule has 1 saturated carbocycles. The Hall–Kier alpha value is -1.87. The van der Waals surface area contributed by atoms with Crippen LogP contribution in [0, 0.1) is 18.8 Å². The van der Waals surface area contributed by atoms with Gasteiger partial charge in [0.1, 0.15) is 5.69 Å². The Balaban J connectivity index is 1.74. The van der Waals surface area contributed by atoms with E-state index in [9.17, 15) is 13.2 Å². The Labute approximate surface area is 179 Å². The number of aromatic nitrogens is 1. The van der Waals surface area contributed by atoms with Crippen molar-refractivity contribution in [1.82, 2.24) is 19.7 Å². The predicted octanol–water partition coefficient (Wildman–Crippen LogP) is 2.61. The molecular formula is C21H34N4O4S. The molecule has 3 unspecified atom stereocenters. The van der Waals surface area contributed by atoms with Crippen molar-refractivity contribution in [2.24, 2.45) is 11.8 Å². The first kappa shape index (κ1) is 22.8. The fourth-order valence-corrected chi connectivity index (χ4v) is 6.12. The fourth-order valence-electron chi connectivity index (χ4n) is 4.35. The first-order valence-corrected chi connectivity index (χ1v) is 12.3. The lowest BCUT2D eigenvalue weighted by Gasteiger charge is -2.34. The fraction of sp³-hybridized carbons (Fsp3) is 0.714. The zero-order valence-electron chi connectivity index (χ0n) is 18.4. The molecule has 8 nitrogen and oxygen atoms in total. The van der Waals surface area contributed by atoms with E-state index in [0.29, 0.717) is 31.0 Å². The lowest BCUT2D eigenvalue weighted by molar-refractivity contribution is -0.127. The van der Waals surface area contributed by atoms with Crippen LogP contribution >= 0.6 is 0 Å². The Morgan fingerprint density at radius 2 is 1.97 bits per heavy atom. The van der Waals surface area contributed by atoms with Crippen LogP contribution in [0.25, 0.3) is 6.08 Å². The largest absolute Gasteiger partial charge is 0.383 e. The molecule has 1 N–H and O–H groups in total. The third kappa shape index (κ3) is 5.06. The van der Waals surface area contributed by atoms with Gasteiger partial charge in [0.05, 0.1) is 5.92 Å². The van der Waals surface area contributed by atoms with Crippen molar-refractivity contribution in [1.29, 1.82) is 0 Å². The number of sulfonamides is 1. The summed E-state index contributed by atoms with van der Waals surface area (Å²) in [5.74, 6) is 0.327. The maximum atomic E-state index is 13.4. The predicted molar refractivity (Wildman–Crippen MR) is 115 cm³/mol. The molecule has 0 aromatic carbocycles. The average Bonchev–Trinajstić information content (AvgIpc) is 3.09. The van der Waals surface area contributed by atoms with E-state index < -0.39 is 10.0 Å². The highest BCUT2D eigenvalue weighted by atomic mass is 32.2. The summed E-state index contributed by atoms with van der Waals surface area (Å²) in [5, 5.41) is 7.06. The summed E-state index contributed by atoms with van der Waals surface area (Å²) in [6.45, 7) is 4.39. The van der Waals surface area contributed by atoms with E-state index in [2.05, 4.69) is 17.4 Å². The van der Waals surface area contributed by atoms with Gasteiger partial charge in [-0.25, -0.2) is 8.42 Å². The second kappa shape index (κ2) is 9.51. The first-order chi connectivity index (χ1) is 14.2. The Morgan fingerprint density at radius 3 is 2.67 bits per heavy atom. The maximum absolute atomic E-state index is 13.4. The van der Waals surface area contributed by atoms with Crippen LogP contribution in [0.5, 0.6) is 0 Å². The smallest absolute Gasteiger partial charge is 0.248 e. The van der Waals surface area contributed by atoms with Crippen LogP contribution in [-0.4, -0.2) is 61.9 Å². The van der Waals surface area contributed by atoms with Crippen molar-refractivity contribution in [3.05, 3.63) is 17.7 Å². The van der Waals surface area contributed by atoms with E-state index in [0.717, 1.165) is 19.3 Å². The highest BCUT2D eigenvalue weighted by molar-refractivity contribution is 7.89. The molecule has 9 heteroatoms. The van der Waals surface area contributed by atoms with E-state index in [4.69, 9.17) is 4.52 Å². The minimum atomic E-state index is -3.81. The van der Waals surface area contributed by atoms with Crippen molar-refractivity contribution >= 4 is 22.0 Å². The number of carbonyl (C=O) groups is 1. The zero-order chi connectivity index (χ0) is 21.9. The number of hydrogen-bond donors (Lipinski definition) is 1. The molecule has 30 heavy (non-hydrogen) atoms. The Kier molecular flexibility index (Phi) is 7.23. The number of nitrogens with zero attached hydrogens (tertiary/aromatic N) is 3.